The molecule has 1 aliphatic carbocycles. The van der Waals surface area contributed by atoms with Gasteiger partial charge in [0.1, 0.15) is 0 Å². The van der Waals surface area contributed by atoms with E-state index in [2.05, 4.69) is 5.32 Å². The fraction of sp³-hybridized carbons (Fsp3) is 1.00. The number of aliphatic hydroxyl groups excluding tert-OH is 2. The van der Waals surface area contributed by atoms with E-state index < -0.39 is 6.10 Å². The van der Waals surface area contributed by atoms with Crippen LogP contribution in [0.4, 0.5) is 0 Å². The van der Waals surface area contributed by atoms with Gasteiger partial charge in [0, 0.05) is 19.6 Å². The molecule has 90 valence electrons. The van der Waals surface area contributed by atoms with Gasteiger partial charge in [0.25, 0.3) is 0 Å². The second-order valence-electron chi connectivity index (χ2n) is 4.38. The largest absolute Gasteiger partial charge is 0.396 e. The number of hydrogen-bond donors (Lipinski definition) is 3. The fourth-order valence-corrected chi connectivity index (χ4v) is 2.55. The van der Waals surface area contributed by atoms with Crippen LogP contribution in [0.25, 0.3) is 0 Å². The molecule has 4 nitrogen and oxygen atoms in total. The van der Waals surface area contributed by atoms with Gasteiger partial charge in [-0.25, -0.2) is 0 Å². The van der Waals surface area contributed by atoms with E-state index in [0.717, 1.165) is 25.8 Å². The van der Waals surface area contributed by atoms with Crippen molar-refractivity contribution >= 4 is 0 Å². The van der Waals surface area contributed by atoms with Gasteiger partial charge >= 0.3 is 0 Å². The van der Waals surface area contributed by atoms with Gasteiger partial charge in [-0.05, 0) is 38.8 Å². The van der Waals surface area contributed by atoms with Gasteiger partial charge in [0.2, 0.25) is 0 Å². The maximum Gasteiger partial charge on any atom is 0.0882 e. The predicted octanol–water partition coefficient (Wildman–Crippen LogP) is -0.00970. The predicted molar refractivity (Wildman–Crippen MR) is 58.6 cm³/mol. The Hall–Kier alpha value is -0.160. The van der Waals surface area contributed by atoms with Gasteiger partial charge in [0.05, 0.1) is 12.2 Å². The number of aliphatic hydroxyl groups is 2. The maximum atomic E-state index is 9.99. The molecule has 0 aromatic carbocycles. The smallest absolute Gasteiger partial charge is 0.0882 e. The Bertz CT molecular complexity index is 177. The van der Waals surface area contributed by atoms with Crippen LogP contribution in [0.5, 0.6) is 0 Å². The Kier molecular flexibility index (Phi) is 5.53. The summed E-state index contributed by atoms with van der Waals surface area (Å²) < 4.78 is 5.24. The van der Waals surface area contributed by atoms with Crippen molar-refractivity contribution in [1.29, 1.82) is 0 Å². The minimum Gasteiger partial charge on any atom is -0.396 e. The van der Waals surface area contributed by atoms with Crippen molar-refractivity contribution in [3.63, 3.8) is 0 Å². The molecule has 1 rings (SSSR count). The van der Waals surface area contributed by atoms with Crippen LogP contribution in [0.15, 0.2) is 0 Å². The van der Waals surface area contributed by atoms with E-state index in [9.17, 15) is 10.2 Å². The van der Waals surface area contributed by atoms with Crippen LogP contribution in [0.3, 0.4) is 0 Å². The molecule has 4 atom stereocenters. The fourth-order valence-electron chi connectivity index (χ4n) is 2.55. The molecule has 0 spiro atoms. The van der Waals surface area contributed by atoms with Gasteiger partial charge < -0.3 is 20.3 Å². The molecule has 0 bridgehead atoms. The number of rotatable bonds is 6. The molecule has 1 saturated carbocycles. The Morgan fingerprint density at radius 2 is 2.13 bits per heavy atom. The molecule has 0 amide bonds. The summed E-state index contributed by atoms with van der Waals surface area (Å²) in [6.07, 6.45) is 2.34. The van der Waals surface area contributed by atoms with E-state index in [0.29, 0.717) is 0 Å². The summed E-state index contributed by atoms with van der Waals surface area (Å²) in [5.74, 6) is 0.380. The van der Waals surface area contributed by atoms with Gasteiger partial charge in [-0.1, -0.05) is 0 Å². The van der Waals surface area contributed by atoms with Crippen molar-refractivity contribution in [2.75, 3.05) is 27.3 Å². The van der Waals surface area contributed by atoms with E-state index in [4.69, 9.17) is 4.74 Å². The highest BCUT2D eigenvalue weighted by atomic mass is 16.5. The summed E-state index contributed by atoms with van der Waals surface area (Å²) in [4.78, 5) is 0. The zero-order chi connectivity index (χ0) is 11.3. The third-order valence-corrected chi connectivity index (χ3v) is 3.40. The summed E-state index contributed by atoms with van der Waals surface area (Å²) in [7, 11) is 3.53. The normalized spacial score (nSPS) is 36.0. The summed E-state index contributed by atoms with van der Waals surface area (Å²) >= 11 is 0. The molecule has 0 radical (unpaired) electrons. The highest BCUT2D eigenvalue weighted by molar-refractivity contribution is 4.91. The Morgan fingerprint density at radius 3 is 2.60 bits per heavy atom. The summed E-state index contributed by atoms with van der Waals surface area (Å²) in [6.45, 7) is 1.09. The van der Waals surface area contributed by atoms with E-state index in [1.807, 2.05) is 7.05 Å². The maximum absolute atomic E-state index is 9.99. The van der Waals surface area contributed by atoms with Crippen molar-refractivity contribution in [3.05, 3.63) is 0 Å². The Labute approximate surface area is 91.6 Å². The molecule has 1 aliphatic rings. The molecule has 15 heavy (non-hydrogen) atoms. The summed E-state index contributed by atoms with van der Waals surface area (Å²) in [6, 6.07) is 0. The zero-order valence-corrected chi connectivity index (χ0v) is 9.65. The highest BCUT2D eigenvalue weighted by Crippen LogP contribution is 2.35. The lowest BCUT2D eigenvalue weighted by molar-refractivity contribution is -0.0349. The van der Waals surface area contributed by atoms with Crippen LogP contribution in [-0.2, 0) is 4.74 Å². The molecule has 0 aromatic heterocycles. The van der Waals surface area contributed by atoms with Gasteiger partial charge in [-0.2, -0.15) is 0 Å². The number of methoxy groups -OCH3 is 1. The minimum absolute atomic E-state index is 0.101. The standard InChI is InChI=1S/C11H23NO3/c1-12-5-3-4-8-6-9(7-13)11(15-2)10(8)14/h8-14H,3-7H2,1-2H3. The topological polar surface area (TPSA) is 61.7 Å². The Balaban J connectivity index is 2.40. The molecule has 0 aromatic rings. The minimum atomic E-state index is -0.413. The van der Waals surface area contributed by atoms with E-state index in [-0.39, 0.29) is 24.5 Å². The first kappa shape index (κ1) is 12.9. The first-order valence-electron chi connectivity index (χ1n) is 5.70. The average Bonchev–Trinajstić information content (AvgIpc) is 2.55. The number of nitrogens with one attached hydrogen (secondary N) is 1. The van der Waals surface area contributed by atoms with E-state index in [1.165, 1.54) is 0 Å². The van der Waals surface area contributed by atoms with Gasteiger partial charge in [0.15, 0.2) is 0 Å². The third kappa shape index (κ3) is 3.14. The van der Waals surface area contributed by atoms with Crippen molar-refractivity contribution < 1.29 is 14.9 Å². The second kappa shape index (κ2) is 6.43. The first-order valence-corrected chi connectivity index (χ1v) is 5.70. The lowest BCUT2D eigenvalue weighted by Gasteiger charge is -2.20. The van der Waals surface area contributed by atoms with Crippen LogP contribution in [-0.4, -0.2) is 49.7 Å². The van der Waals surface area contributed by atoms with Crippen molar-refractivity contribution in [2.45, 2.75) is 31.5 Å². The molecule has 0 heterocycles. The van der Waals surface area contributed by atoms with Crippen LogP contribution < -0.4 is 5.32 Å². The summed E-state index contributed by atoms with van der Waals surface area (Å²) in [5.41, 5.74) is 0. The van der Waals surface area contributed by atoms with E-state index in [1.54, 1.807) is 7.11 Å². The second-order valence-corrected chi connectivity index (χ2v) is 4.38. The third-order valence-electron chi connectivity index (χ3n) is 3.40. The molecular weight excluding hydrogens is 194 g/mol. The SMILES string of the molecule is CNCCCC1CC(CO)C(OC)C1O. The van der Waals surface area contributed by atoms with Crippen LogP contribution in [0.1, 0.15) is 19.3 Å². The Morgan fingerprint density at radius 1 is 1.40 bits per heavy atom. The molecular formula is C11H23NO3. The van der Waals surface area contributed by atoms with Crippen molar-refractivity contribution in [1.82, 2.24) is 5.32 Å². The van der Waals surface area contributed by atoms with Crippen molar-refractivity contribution in [2.24, 2.45) is 11.8 Å². The number of ether oxygens (including phenoxy) is 1. The molecule has 3 N–H and O–H groups in total. The average molecular weight is 217 g/mol. The number of hydrogen-bond acceptors (Lipinski definition) is 4. The van der Waals surface area contributed by atoms with Crippen LogP contribution in [0.2, 0.25) is 0 Å². The van der Waals surface area contributed by atoms with Gasteiger partial charge in [-0.15, -0.1) is 0 Å². The molecule has 0 saturated heterocycles. The molecule has 4 unspecified atom stereocenters. The summed E-state index contributed by atoms with van der Waals surface area (Å²) in [5, 5.41) is 22.3. The van der Waals surface area contributed by atoms with Crippen LogP contribution >= 0.6 is 0 Å². The zero-order valence-electron chi connectivity index (χ0n) is 9.65. The van der Waals surface area contributed by atoms with Gasteiger partial charge in [-0.3, -0.25) is 0 Å². The van der Waals surface area contributed by atoms with Crippen LogP contribution in [0, 0.1) is 11.8 Å². The quantitative estimate of drug-likeness (QED) is 0.548. The van der Waals surface area contributed by atoms with E-state index >= 15 is 0 Å². The lowest BCUT2D eigenvalue weighted by Crippen LogP contribution is -2.31. The van der Waals surface area contributed by atoms with Crippen molar-refractivity contribution in [3.8, 4) is 0 Å². The highest BCUT2D eigenvalue weighted by Gasteiger charge is 2.41. The molecule has 4 heteroatoms. The molecule has 1 fully saturated rings. The monoisotopic (exact) mass is 217 g/mol. The molecule has 0 aliphatic heterocycles. The first-order chi connectivity index (χ1) is 7.24. The lowest BCUT2D eigenvalue weighted by atomic mass is 9.98.